The lowest BCUT2D eigenvalue weighted by molar-refractivity contribution is -0.147. The molecule has 0 fully saturated rings. The molecule has 0 unspecified atom stereocenters. The maximum atomic E-state index is 11.8. The van der Waals surface area contributed by atoms with Crippen LogP contribution >= 0.6 is 0 Å². The lowest BCUT2D eigenvalue weighted by atomic mass is 10.3. The second-order valence-corrected chi connectivity index (χ2v) is 5.61. The number of carbonyl (C=O) groups excluding carboxylic acids is 2. The molecule has 0 aliphatic rings. The molecule has 1 aromatic carbocycles. The molecule has 0 aliphatic heterocycles. The van der Waals surface area contributed by atoms with Crippen molar-refractivity contribution in [2.24, 2.45) is 0 Å². The van der Waals surface area contributed by atoms with Crippen LogP contribution in [0.4, 0.5) is 0 Å². The zero-order valence-corrected chi connectivity index (χ0v) is 14.2. The van der Waals surface area contributed by atoms with E-state index < -0.39 is 11.9 Å². The molecule has 1 rings (SSSR count). The maximum absolute atomic E-state index is 11.8. The van der Waals surface area contributed by atoms with Crippen molar-refractivity contribution in [3.05, 3.63) is 24.3 Å². The number of rotatable bonds is 9. The van der Waals surface area contributed by atoms with E-state index in [4.69, 9.17) is 14.2 Å². The summed E-state index contributed by atoms with van der Waals surface area (Å²) in [6.07, 6.45) is -0.0578. The predicted molar refractivity (Wildman–Crippen MR) is 86.6 cm³/mol. The van der Waals surface area contributed by atoms with Crippen LogP contribution < -0.4 is 9.47 Å². The van der Waals surface area contributed by atoms with E-state index in [1.54, 1.807) is 24.3 Å². The van der Waals surface area contributed by atoms with E-state index in [0.717, 1.165) is 0 Å². The van der Waals surface area contributed by atoms with Crippen LogP contribution in [-0.4, -0.2) is 50.2 Å². The van der Waals surface area contributed by atoms with Gasteiger partial charge in [-0.1, -0.05) is 12.1 Å². The van der Waals surface area contributed by atoms with Gasteiger partial charge >= 0.3 is 11.9 Å². The fourth-order valence-corrected chi connectivity index (χ4v) is 1.68. The molecule has 0 saturated carbocycles. The second kappa shape index (κ2) is 9.84. The van der Waals surface area contributed by atoms with E-state index in [1.165, 1.54) is 0 Å². The Hall–Kier alpha value is -2.08. The number of hydrogen-bond acceptors (Lipinski definition) is 6. The standard InChI is InChI=1S/C17H25NO5/c1-13(2)22-14-7-5-6-8-15(14)23-17(20)10-9-16(19)21-12-11-18(3)4/h5-8,13H,9-12H2,1-4H3. The molecule has 0 aliphatic carbocycles. The van der Waals surface area contributed by atoms with Crippen LogP contribution in [0.15, 0.2) is 24.3 Å². The third kappa shape index (κ3) is 8.21. The summed E-state index contributed by atoms with van der Waals surface area (Å²) in [5.74, 6) is -0.0403. The number of nitrogens with zero attached hydrogens (tertiary/aromatic N) is 1. The Morgan fingerprint density at radius 1 is 1.04 bits per heavy atom. The Balaban J connectivity index is 2.41. The molecule has 1 aromatic rings. The van der Waals surface area contributed by atoms with E-state index in [2.05, 4.69) is 0 Å². The molecule has 6 heteroatoms. The van der Waals surface area contributed by atoms with Crippen molar-refractivity contribution in [3.8, 4) is 11.5 Å². The molecule has 0 radical (unpaired) electrons. The first-order valence-corrected chi connectivity index (χ1v) is 7.65. The largest absolute Gasteiger partial charge is 0.487 e. The van der Waals surface area contributed by atoms with Crippen LogP contribution in [-0.2, 0) is 14.3 Å². The zero-order chi connectivity index (χ0) is 17.2. The van der Waals surface area contributed by atoms with Gasteiger partial charge < -0.3 is 19.1 Å². The fraction of sp³-hybridized carbons (Fsp3) is 0.529. The SMILES string of the molecule is CC(C)Oc1ccccc1OC(=O)CCC(=O)OCCN(C)C. The summed E-state index contributed by atoms with van der Waals surface area (Å²) in [6, 6.07) is 6.95. The first kappa shape index (κ1) is 19.0. The van der Waals surface area contributed by atoms with Crippen molar-refractivity contribution in [1.82, 2.24) is 4.90 Å². The molecule has 0 amide bonds. The highest BCUT2D eigenvalue weighted by atomic mass is 16.6. The lowest BCUT2D eigenvalue weighted by Gasteiger charge is -2.13. The average Bonchev–Trinajstić information content (AvgIpc) is 2.46. The summed E-state index contributed by atoms with van der Waals surface area (Å²) in [7, 11) is 3.78. The van der Waals surface area contributed by atoms with Crippen molar-refractivity contribution >= 4 is 11.9 Å². The molecule has 0 bridgehead atoms. The number of carbonyl (C=O) groups is 2. The third-order valence-electron chi connectivity index (χ3n) is 2.77. The van der Waals surface area contributed by atoms with Crippen molar-refractivity contribution in [1.29, 1.82) is 0 Å². The van der Waals surface area contributed by atoms with E-state index in [0.29, 0.717) is 24.7 Å². The third-order valence-corrected chi connectivity index (χ3v) is 2.77. The molecule has 0 aromatic heterocycles. The molecule has 0 saturated heterocycles. The summed E-state index contributed by atoms with van der Waals surface area (Å²) in [6.45, 7) is 4.74. The topological polar surface area (TPSA) is 65.1 Å². The minimum Gasteiger partial charge on any atom is -0.487 e. The Kier molecular flexibility index (Phi) is 8.11. The zero-order valence-electron chi connectivity index (χ0n) is 14.2. The van der Waals surface area contributed by atoms with Crippen LogP contribution in [0.2, 0.25) is 0 Å². The van der Waals surface area contributed by atoms with E-state index in [-0.39, 0.29) is 18.9 Å². The maximum Gasteiger partial charge on any atom is 0.311 e. The molecule has 128 valence electrons. The van der Waals surface area contributed by atoms with Gasteiger partial charge in [0, 0.05) is 6.54 Å². The van der Waals surface area contributed by atoms with Crippen molar-refractivity contribution in [2.45, 2.75) is 32.8 Å². The first-order chi connectivity index (χ1) is 10.9. The quantitative estimate of drug-likeness (QED) is 0.513. The second-order valence-electron chi connectivity index (χ2n) is 5.61. The van der Waals surface area contributed by atoms with Gasteiger partial charge in [0.2, 0.25) is 0 Å². The molecule has 6 nitrogen and oxygen atoms in total. The van der Waals surface area contributed by atoms with Crippen LogP contribution in [0.1, 0.15) is 26.7 Å². The van der Waals surface area contributed by atoms with Gasteiger partial charge in [0.05, 0.1) is 18.9 Å². The van der Waals surface area contributed by atoms with Gasteiger partial charge in [-0.3, -0.25) is 9.59 Å². The highest BCUT2D eigenvalue weighted by molar-refractivity contribution is 5.79. The fourth-order valence-electron chi connectivity index (χ4n) is 1.68. The molecular formula is C17H25NO5. The minimum absolute atomic E-state index is 0.000529. The molecule has 0 N–H and O–H groups in total. The summed E-state index contributed by atoms with van der Waals surface area (Å²) in [4.78, 5) is 25.3. The predicted octanol–water partition coefficient (Wildman–Crippen LogP) is 2.26. The number of ether oxygens (including phenoxy) is 3. The van der Waals surface area contributed by atoms with Gasteiger partial charge in [0.1, 0.15) is 6.61 Å². The Labute approximate surface area is 137 Å². The van der Waals surface area contributed by atoms with Gasteiger partial charge in [0.15, 0.2) is 11.5 Å². The smallest absolute Gasteiger partial charge is 0.311 e. The van der Waals surface area contributed by atoms with Crippen LogP contribution in [0.5, 0.6) is 11.5 Å². The first-order valence-electron chi connectivity index (χ1n) is 7.65. The Morgan fingerprint density at radius 2 is 1.65 bits per heavy atom. The molecule has 0 atom stereocenters. The summed E-state index contributed by atoms with van der Waals surface area (Å²) >= 11 is 0. The van der Waals surface area contributed by atoms with Crippen molar-refractivity contribution in [3.63, 3.8) is 0 Å². The van der Waals surface area contributed by atoms with E-state index in [9.17, 15) is 9.59 Å². The number of esters is 2. The Morgan fingerprint density at radius 3 is 2.26 bits per heavy atom. The van der Waals surface area contributed by atoms with Gasteiger partial charge in [-0.25, -0.2) is 0 Å². The molecule has 0 heterocycles. The normalized spacial score (nSPS) is 10.7. The van der Waals surface area contributed by atoms with Gasteiger partial charge in [-0.15, -0.1) is 0 Å². The van der Waals surface area contributed by atoms with Crippen LogP contribution in [0.3, 0.4) is 0 Å². The van der Waals surface area contributed by atoms with E-state index >= 15 is 0 Å². The van der Waals surface area contributed by atoms with Gasteiger partial charge in [-0.2, -0.15) is 0 Å². The minimum atomic E-state index is -0.491. The highest BCUT2D eigenvalue weighted by Crippen LogP contribution is 2.27. The highest BCUT2D eigenvalue weighted by Gasteiger charge is 2.13. The summed E-state index contributed by atoms with van der Waals surface area (Å²) < 4.78 is 15.9. The van der Waals surface area contributed by atoms with Crippen LogP contribution in [0, 0.1) is 0 Å². The molecule has 23 heavy (non-hydrogen) atoms. The van der Waals surface area contributed by atoms with Crippen molar-refractivity contribution in [2.75, 3.05) is 27.2 Å². The number of hydrogen-bond donors (Lipinski definition) is 0. The Bertz CT molecular complexity index is 513. The summed E-state index contributed by atoms with van der Waals surface area (Å²) in [5.41, 5.74) is 0. The number of likely N-dealkylation sites (N-methyl/N-ethyl adjacent to an activating group) is 1. The van der Waals surface area contributed by atoms with Crippen LogP contribution in [0.25, 0.3) is 0 Å². The lowest BCUT2D eigenvalue weighted by Crippen LogP contribution is -2.20. The van der Waals surface area contributed by atoms with Gasteiger partial charge in [0.25, 0.3) is 0 Å². The monoisotopic (exact) mass is 323 g/mol. The average molecular weight is 323 g/mol. The van der Waals surface area contributed by atoms with E-state index in [1.807, 2.05) is 32.8 Å². The van der Waals surface area contributed by atoms with Crippen molar-refractivity contribution < 1.29 is 23.8 Å². The summed E-state index contributed by atoms with van der Waals surface area (Å²) in [5, 5.41) is 0. The molecular weight excluding hydrogens is 298 g/mol. The van der Waals surface area contributed by atoms with Gasteiger partial charge in [-0.05, 0) is 40.1 Å². The number of benzene rings is 1. The molecule has 0 spiro atoms. The number of para-hydroxylation sites is 2.